The van der Waals surface area contributed by atoms with E-state index in [-0.39, 0.29) is 36.5 Å². The van der Waals surface area contributed by atoms with Crippen molar-refractivity contribution in [3.63, 3.8) is 0 Å². The number of fused-ring (bicyclic) bond motifs is 1. The number of rotatable bonds is 11. The molecule has 0 saturated carbocycles. The number of hydrogen-bond acceptors (Lipinski definition) is 5. The molecule has 0 aliphatic carbocycles. The summed E-state index contributed by atoms with van der Waals surface area (Å²) < 4.78 is 65.9. The summed E-state index contributed by atoms with van der Waals surface area (Å²) in [4.78, 5) is 33.6. The lowest BCUT2D eigenvalue weighted by atomic mass is 10.1. The van der Waals surface area contributed by atoms with Crippen LogP contribution in [0.2, 0.25) is 0 Å². The summed E-state index contributed by atoms with van der Waals surface area (Å²) in [6.07, 6.45) is -5.22. The summed E-state index contributed by atoms with van der Waals surface area (Å²) in [6.45, 7) is 6.49. The number of benzene rings is 3. The molecule has 0 aliphatic rings. The van der Waals surface area contributed by atoms with Crippen LogP contribution in [0.3, 0.4) is 0 Å². The molecule has 11 heteroatoms. The van der Waals surface area contributed by atoms with Gasteiger partial charge in [-0.15, -0.1) is 0 Å². The Balaban J connectivity index is 1.77. The molecule has 0 unspecified atom stereocenters. The Kier molecular flexibility index (Phi) is 9.62. The van der Waals surface area contributed by atoms with Crippen molar-refractivity contribution in [1.82, 2.24) is 14.5 Å². The maximum Gasteiger partial charge on any atom is 0.419 e. The maximum atomic E-state index is 14.3. The molecule has 1 amide bonds. The summed E-state index contributed by atoms with van der Waals surface area (Å²) in [5, 5.41) is 0.384. The third-order valence-electron chi connectivity index (χ3n) is 6.74. The first kappa shape index (κ1) is 30.7. The van der Waals surface area contributed by atoms with Crippen molar-refractivity contribution in [3.8, 4) is 11.4 Å². The first-order chi connectivity index (χ1) is 20.0. The topological polar surface area (TPSA) is 73.7 Å². The number of carbonyl (C=O) groups is 1. The molecule has 1 heterocycles. The minimum absolute atomic E-state index is 0.0782. The fourth-order valence-electron chi connectivity index (χ4n) is 4.69. The van der Waals surface area contributed by atoms with E-state index >= 15 is 0 Å². The van der Waals surface area contributed by atoms with Gasteiger partial charge in [0.15, 0.2) is 0 Å². The van der Waals surface area contributed by atoms with E-state index in [1.54, 1.807) is 62.4 Å². The Hall–Kier alpha value is -4.25. The lowest BCUT2D eigenvalue weighted by Gasteiger charge is -2.31. The van der Waals surface area contributed by atoms with Crippen LogP contribution in [0.5, 0.6) is 5.75 Å². The van der Waals surface area contributed by atoms with Gasteiger partial charge < -0.3 is 14.4 Å². The average molecular weight is 586 g/mol. The fraction of sp³-hybridized carbons (Fsp3) is 0.323. The molecular weight excluding hydrogens is 554 g/mol. The number of ether oxygens (including phenoxy) is 2. The first-order valence-electron chi connectivity index (χ1n) is 13.5. The highest BCUT2D eigenvalue weighted by Gasteiger charge is 2.34. The molecular formula is C31H31F4N3O4. The Morgan fingerprint density at radius 2 is 1.74 bits per heavy atom. The molecule has 7 nitrogen and oxygen atoms in total. The smallest absolute Gasteiger partial charge is 0.419 e. The van der Waals surface area contributed by atoms with E-state index in [4.69, 9.17) is 14.5 Å². The predicted octanol–water partition coefficient (Wildman–Crippen LogP) is 6.11. The van der Waals surface area contributed by atoms with Gasteiger partial charge in [0.05, 0.1) is 47.8 Å². The van der Waals surface area contributed by atoms with Gasteiger partial charge in [-0.2, -0.15) is 13.2 Å². The van der Waals surface area contributed by atoms with Crippen LogP contribution in [0, 0.1) is 5.82 Å². The SMILES string of the molecule is CCOCCN(C(=O)Cc1ccc(C(F)(F)F)c(F)c1)[C@H](C)c1nc2ccccc2c(=O)n1-c1ccc(OCC)cc1. The second-order valence-corrected chi connectivity index (χ2v) is 9.50. The van der Waals surface area contributed by atoms with Gasteiger partial charge in [-0.1, -0.05) is 18.2 Å². The third-order valence-corrected chi connectivity index (χ3v) is 6.74. The number of alkyl halides is 3. The van der Waals surface area contributed by atoms with Gasteiger partial charge >= 0.3 is 6.18 Å². The summed E-state index contributed by atoms with van der Waals surface area (Å²) in [6, 6.07) is 15.4. The maximum absolute atomic E-state index is 14.3. The number of aromatic nitrogens is 2. The van der Waals surface area contributed by atoms with Crippen molar-refractivity contribution in [2.24, 2.45) is 0 Å². The van der Waals surface area contributed by atoms with Gasteiger partial charge in [0.25, 0.3) is 5.56 Å². The summed E-state index contributed by atoms with van der Waals surface area (Å²) >= 11 is 0. The molecule has 3 aromatic carbocycles. The van der Waals surface area contributed by atoms with Gasteiger partial charge in [0.1, 0.15) is 17.4 Å². The van der Waals surface area contributed by atoms with Gasteiger partial charge in [-0.3, -0.25) is 14.2 Å². The van der Waals surface area contributed by atoms with Gasteiger partial charge in [0, 0.05) is 13.2 Å². The van der Waals surface area contributed by atoms with Crippen molar-refractivity contribution in [3.05, 3.63) is 99.9 Å². The van der Waals surface area contributed by atoms with Crippen LogP contribution < -0.4 is 10.3 Å². The lowest BCUT2D eigenvalue weighted by Crippen LogP contribution is -2.40. The highest BCUT2D eigenvalue weighted by Crippen LogP contribution is 2.32. The molecule has 1 atom stereocenters. The van der Waals surface area contributed by atoms with E-state index in [0.29, 0.717) is 41.6 Å². The van der Waals surface area contributed by atoms with Crippen molar-refractivity contribution in [2.45, 2.75) is 39.4 Å². The zero-order valence-corrected chi connectivity index (χ0v) is 23.5. The zero-order valence-electron chi connectivity index (χ0n) is 23.5. The second kappa shape index (κ2) is 13.2. The zero-order chi connectivity index (χ0) is 30.4. The number of nitrogens with zero attached hydrogens (tertiary/aromatic N) is 3. The Morgan fingerprint density at radius 3 is 2.38 bits per heavy atom. The Morgan fingerprint density at radius 1 is 1.02 bits per heavy atom. The van der Waals surface area contributed by atoms with Crippen LogP contribution in [-0.4, -0.2) is 46.7 Å². The standard InChI is InChI=1S/C31H31F4N3O4/c1-4-41-17-16-37(28(39)19-21-10-15-25(26(32)18-21)31(33,34)35)20(3)29-36-27-9-7-6-8-24(27)30(40)38(29)22-11-13-23(14-12-22)42-5-2/h6-15,18,20H,4-5,16-17,19H2,1-3H3/t20-/m1/s1. The molecule has 0 fully saturated rings. The second-order valence-electron chi connectivity index (χ2n) is 9.50. The highest BCUT2D eigenvalue weighted by atomic mass is 19.4. The largest absolute Gasteiger partial charge is 0.494 e. The van der Waals surface area contributed by atoms with Crippen LogP contribution in [0.25, 0.3) is 16.6 Å². The van der Waals surface area contributed by atoms with Gasteiger partial charge in [-0.25, -0.2) is 9.37 Å². The normalized spacial score (nSPS) is 12.4. The molecule has 0 aliphatic heterocycles. The van der Waals surface area contributed by atoms with Crippen LogP contribution in [0.15, 0.2) is 71.5 Å². The first-order valence-corrected chi connectivity index (χ1v) is 13.5. The number of para-hydroxylation sites is 1. The minimum Gasteiger partial charge on any atom is -0.494 e. The Labute approximate surface area is 240 Å². The summed E-state index contributed by atoms with van der Waals surface area (Å²) in [7, 11) is 0. The van der Waals surface area contributed by atoms with Crippen molar-refractivity contribution >= 4 is 16.8 Å². The lowest BCUT2D eigenvalue weighted by molar-refractivity contribution is -0.140. The van der Waals surface area contributed by atoms with E-state index in [1.165, 1.54) is 9.47 Å². The van der Waals surface area contributed by atoms with E-state index in [0.717, 1.165) is 12.1 Å². The molecule has 0 bridgehead atoms. The molecule has 0 N–H and O–H groups in total. The van der Waals surface area contributed by atoms with Crippen molar-refractivity contribution in [2.75, 3.05) is 26.4 Å². The van der Waals surface area contributed by atoms with Crippen molar-refractivity contribution < 1.29 is 31.8 Å². The molecule has 222 valence electrons. The molecule has 0 radical (unpaired) electrons. The molecule has 0 spiro atoms. The van der Waals surface area contributed by atoms with Gasteiger partial charge in [0.2, 0.25) is 5.91 Å². The molecule has 0 saturated heterocycles. The summed E-state index contributed by atoms with van der Waals surface area (Å²) in [5.41, 5.74) is -0.720. The van der Waals surface area contributed by atoms with E-state index in [2.05, 4.69) is 0 Å². The van der Waals surface area contributed by atoms with Crippen LogP contribution in [0.4, 0.5) is 17.6 Å². The number of carbonyl (C=O) groups excluding carboxylic acids is 1. The number of halogens is 4. The average Bonchev–Trinajstić information content (AvgIpc) is 2.95. The van der Waals surface area contributed by atoms with Crippen LogP contribution in [0.1, 0.15) is 43.8 Å². The number of hydrogen-bond donors (Lipinski definition) is 0. The van der Waals surface area contributed by atoms with Crippen molar-refractivity contribution in [1.29, 1.82) is 0 Å². The van der Waals surface area contributed by atoms with E-state index < -0.39 is 29.5 Å². The third kappa shape index (κ3) is 6.79. The van der Waals surface area contributed by atoms with Crippen LogP contribution in [-0.2, 0) is 22.1 Å². The highest BCUT2D eigenvalue weighted by molar-refractivity contribution is 5.80. The molecule has 4 rings (SSSR count). The van der Waals surface area contributed by atoms with E-state index in [9.17, 15) is 27.2 Å². The predicted molar refractivity (Wildman–Crippen MR) is 150 cm³/mol. The number of amides is 1. The minimum atomic E-state index is -4.85. The van der Waals surface area contributed by atoms with E-state index in [1.807, 2.05) is 6.92 Å². The molecule has 42 heavy (non-hydrogen) atoms. The fourth-order valence-corrected chi connectivity index (χ4v) is 4.69. The van der Waals surface area contributed by atoms with Gasteiger partial charge in [-0.05, 0) is 74.9 Å². The molecule has 4 aromatic rings. The Bertz CT molecular complexity index is 1600. The summed E-state index contributed by atoms with van der Waals surface area (Å²) in [5.74, 6) is -1.06. The monoisotopic (exact) mass is 585 g/mol. The van der Waals surface area contributed by atoms with Crippen LogP contribution >= 0.6 is 0 Å². The quantitative estimate of drug-likeness (QED) is 0.157. The molecule has 1 aromatic heterocycles.